The Kier molecular flexibility index (Phi) is 5.86. The molecule has 28 heavy (non-hydrogen) atoms. The molecule has 1 atom stereocenters. The van der Waals surface area contributed by atoms with E-state index in [2.05, 4.69) is 15.3 Å². The Morgan fingerprint density at radius 3 is 2.93 bits per heavy atom. The number of hydrogen-bond acceptors (Lipinski definition) is 6. The molecule has 3 rings (SSSR count). The van der Waals surface area contributed by atoms with Gasteiger partial charge in [-0.25, -0.2) is 18.7 Å². The number of carbonyl (C=O) groups is 2. The van der Waals surface area contributed by atoms with Gasteiger partial charge in [-0.3, -0.25) is 9.59 Å². The average Bonchev–Trinajstić information content (AvgIpc) is 3.25. The molecule has 0 spiro atoms. The lowest BCUT2D eigenvalue weighted by molar-refractivity contribution is -0.131. The molecule has 1 saturated heterocycles. The topological polar surface area (TPSA) is 99.0 Å². The maximum absolute atomic E-state index is 13.4. The Bertz CT molecular complexity index is 928. The summed E-state index contributed by atoms with van der Waals surface area (Å²) in [6.07, 6.45) is 1.38. The lowest BCUT2D eigenvalue weighted by Crippen LogP contribution is -2.43. The predicted octanol–water partition coefficient (Wildman–Crippen LogP) is 2.27. The van der Waals surface area contributed by atoms with Crippen LogP contribution < -0.4 is 5.32 Å². The second kappa shape index (κ2) is 8.16. The van der Waals surface area contributed by atoms with Gasteiger partial charge in [0.1, 0.15) is 16.9 Å². The van der Waals surface area contributed by atoms with Gasteiger partial charge in [-0.2, -0.15) is 5.26 Å². The van der Waals surface area contributed by atoms with Crippen LogP contribution in [-0.2, 0) is 11.2 Å². The van der Waals surface area contributed by atoms with Crippen molar-refractivity contribution < 1.29 is 18.4 Å². The van der Waals surface area contributed by atoms with Crippen LogP contribution in [-0.4, -0.2) is 51.7 Å². The predicted molar refractivity (Wildman–Crippen MR) is 97.2 cm³/mol. The van der Waals surface area contributed by atoms with Crippen LogP contribution in [0, 0.1) is 11.3 Å². The van der Waals surface area contributed by atoms with E-state index in [1.54, 1.807) is 29.8 Å². The largest absolute Gasteiger partial charge is 0.342 e. The first-order valence-corrected chi connectivity index (χ1v) is 9.43. The van der Waals surface area contributed by atoms with E-state index in [1.165, 1.54) is 11.3 Å². The molecule has 2 aromatic rings. The van der Waals surface area contributed by atoms with Gasteiger partial charge in [0.05, 0.1) is 24.2 Å². The second-order valence-corrected chi connectivity index (χ2v) is 7.53. The SMILES string of the molecule is N#C[C@@H]1CC(F)(F)CN1C(=O)CNC(=O)c1csc(Cc2ccc(Cl)nc2)n1. The van der Waals surface area contributed by atoms with Crippen LogP contribution in [0.15, 0.2) is 23.7 Å². The first-order valence-electron chi connectivity index (χ1n) is 8.17. The van der Waals surface area contributed by atoms with E-state index in [9.17, 15) is 18.4 Å². The molecule has 7 nitrogen and oxygen atoms in total. The smallest absolute Gasteiger partial charge is 0.271 e. The Hall–Kier alpha value is -2.64. The fourth-order valence-electron chi connectivity index (χ4n) is 2.72. The van der Waals surface area contributed by atoms with Gasteiger partial charge in [0.2, 0.25) is 5.91 Å². The third kappa shape index (κ3) is 4.79. The highest BCUT2D eigenvalue weighted by molar-refractivity contribution is 7.09. The van der Waals surface area contributed by atoms with Crippen molar-refractivity contribution in [3.05, 3.63) is 45.1 Å². The Morgan fingerprint density at radius 2 is 2.25 bits per heavy atom. The van der Waals surface area contributed by atoms with Crippen molar-refractivity contribution in [2.45, 2.75) is 24.8 Å². The minimum atomic E-state index is -3.10. The number of nitrogens with zero attached hydrogens (tertiary/aromatic N) is 4. The highest BCUT2D eigenvalue weighted by atomic mass is 35.5. The number of thiazole rings is 1. The van der Waals surface area contributed by atoms with Crippen molar-refractivity contribution in [1.82, 2.24) is 20.2 Å². The summed E-state index contributed by atoms with van der Waals surface area (Å²) in [6, 6.07) is 3.94. The molecular formula is C17H14ClF2N5O2S. The van der Waals surface area contributed by atoms with Gasteiger partial charge in [0.15, 0.2) is 0 Å². The number of nitriles is 1. The molecule has 1 aliphatic heterocycles. The number of nitrogens with one attached hydrogen (secondary N) is 1. The molecule has 0 aliphatic carbocycles. The van der Waals surface area contributed by atoms with Crippen LogP contribution in [0.5, 0.6) is 0 Å². The molecule has 0 aromatic carbocycles. The van der Waals surface area contributed by atoms with Gasteiger partial charge in [-0.15, -0.1) is 11.3 Å². The number of hydrogen-bond donors (Lipinski definition) is 1. The van der Waals surface area contributed by atoms with Gasteiger partial charge in [0, 0.05) is 24.4 Å². The molecule has 11 heteroatoms. The zero-order valence-corrected chi connectivity index (χ0v) is 15.9. The Balaban J connectivity index is 1.55. The van der Waals surface area contributed by atoms with Gasteiger partial charge >= 0.3 is 0 Å². The molecule has 2 amide bonds. The number of carbonyl (C=O) groups excluding carboxylic acids is 2. The van der Waals surface area contributed by atoms with E-state index in [1.807, 2.05) is 0 Å². The normalized spacial score (nSPS) is 17.9. The van der Waals surface area contributed by atoms with Crippen molar-refractivity contribution >= 4 is 34.8 Å². The summed E-state index contributed by atoms with van der Waals surface area (Å²) in [5.41, 5.74) is 0.997. The van der Waals surface area contributed by atoms with Crippen molar-refractivity contribution in [2.75, 3.05) is 13.1 Å². The molecule has 1 aliphatic rings. The van der Waals surface area contributed by atoms with E-state index in [0.717, 1.165) is 10.5 Å². The van der Waals surface area contributed by atoms with Crippen LogP contribution in [0.1, 0.15) is 27.5 Å². The third-order valence-electron chi connectivity index (χ3n) is 4.07. The molecular weight excluding hydrogens is 412 g/mol. The fraction of sp³-hybridized carbons (Fsp3) is 0.353. The highest BCUT2D eigenvalue weighted by Crippen LogP contribution is 2.31. The van der Waals surface area contributed by atoms with Crippen LogP contribution in [0.25, 0.3) is 0 Å². The molecule has 146 valence electrons. The number of likely N-dealkylation sites (tertiary alicyclic amines) is 1. The van der Waals surface area contributed by atoms with E-state index in [4.69, 9.17) is 16.9 Å². The number of rotatable bonds is 5. The van der Waals surface area contributed by atoms with Crippen LogP contribution in [0.4, 0.5) is 8.78 Å². The fourth-order valence-corrected chi connectivity index (χ4v) is 3.64. The molecule has 3 heterocycles. The minimum Gasteiger partial charge on any atom is -0.342 e. The summed E-state index contributed by atoms with van der Waals surface area (Å²) >= 11 is 7.00. The summed E-state index contributed by atoms with van der Waals surface area (Å²) in [4.78, 5) is 33.2. The van der Waals surface area contributed by atoms with E-state index < -0.39 is 43.3 Å². The lowest BCUT2D eigenvalue weighted by atomic mass is 10.2. The van der Waals surface area contributed by atoms with Gasteiger partial charge in [-0.1, -0.05) is 17.7 Å². The van der Waals surface area contributed by atoms with Crippen molar-refractivity contribution in [3.8, 4) is 6.07 Å². The number of alkyl halides is 2. The first-order chi connectivity index (χ1) is 13.3. The number of aromatic nitrogens is 2. The van der Waals surface area contributed by atoms with E-state index in [0.29, 0.717) is 16.6 Å². The molecule has 2 aromatic heterocycles. The zero-order chi connectivity index (χ0) is 20.3. The maximum atomic E-state index is 13.4. The summed E-state index contributed by atoms with van der Waals surface area (Å²) in [6.45, 7) is -1.31. The Labute approximate surface area is 168 Å². The minimum absolute atomic E-state index is 0.123. The quantitative estimate of drug-likeness (QED) is 0.741. The van der Waals surface area contributed by atoms with Crippen molar-refractivity contribution in [3.63, 3.8) is 0 Å². The zero-order valence-electron chi connectivity index (χ0n) is 14.4. The monoisotopic (exact) mass is 425 g/mol. The first kappa shape index (κ1) is 20.1. The lowest BCUT2D eigenvalue weighted by Gasteiger charge is -2.19. The van der Waals surface area contributed by atoms with Crippen LogP contribution >= 0.6 is 22.9 Å². The molecule has 1 fully saturated rings. The number of halogens is 3. The van der Waals surface area contributed by atoms with Gasteiger partial charge < -0.3 is 10.2 Å². The van der Waals surface area contributed by atoms with Crippen LogP contribution in [0.3, 0.4) is 0 Å². The van der Waals surface area contributed by atoms with Gasteiger partial charge in [-0.05, 0) is 11.6 Å². The molecule has 0 radical (unpaired) electrons. The molecule has 0 unspecified atom stereocenters. The van der Waals surface area contributed by atoms with Gasteiger partial charge in [0.25, 0.3) is 11.8 Å². The number of amides is 2. The standard InChI is InChI=1S/C17H14ClF2N5O2S/c18-13-2-1-10(6-22-13)3-14-24-12(8-28-14)16(27)23-7-15(26)25-9-17(19,20)4-11(25)5-21/h1-2,6,8,11H,3-4,7,9H2,(H,23,27)/t11-/m0/s1. The molecule has 0 bridgehead atoms. The summed E-state index contributed by atoms with van der Waals surface area (Å²) in [7, 11) is 0. The average molecular weight is 426 g/mol. The summed E-state index contributed by atoms with van der Waals surface area (Å²) < 4.78 is 26.8. The van der Waals surface area contributed by atoms with E-state index >= 15 is 0 Å². The van der Waals surface area contributed by atoms with Crippen molar-refractivity contribution in [2.24, 2.45) is 0 Å². The molecule has 0 saturated carbocycles. The van der Waals surface area contributed by atoms with Crippen molar-refractivity contribution in [1.29, 1.82) is 5.26 Å². The van der Waals surface area contributed by atoms with Crippen LogP contribution in [0.2, 0.25) is 5.15 Å². The molecule has 1 N–H and O–H groups in total. The number of pyridine rings is 1. The second-order valence-electron chi connectivity index (χ2n) is 6.20. The summed E-state index contributed by atoms with van der Waals surface area (Å²) in [5.74, 6) is -4.43. The third-order valence-corrected chi connectivity index (χ3v) is 5.14. The summed E-state index contributed by atoms with van der Waals surface area (Å²) in [5, 5.41) is 13.9. The van der Waals surface area contributed by atoms with E-state index in [-0.39, 0.29) is 5.69 Å². The highest BCUT2D eigenvalue weighted by Gasteiger charge is 2.47. The maximum Gasteiger partial charge on any atom is 0.271 e. The Morgan fingerprint density at radius 1 is 1.46 bits per heavy atom.